The molecule has 0 saturated heterocycles. The van der Waals surface area contributed by atoms with E-state index in [4.69, 9.17) is 23.8 Å². The van der Waals surface area contributed by atoms with E-state index in [2.05, 4.69) is 9.89 Å². The highest BCUT2D eigenvalue weighted by Gasteiger charge is 2.48. The number of benzene rings is 1. The van der Waals surface area contributed by atoms with Crippen LogP contribution in [0.25, 0.3) is 0 Å². The van der Waals surface area contributed by atoms with Gasteiger partial charge in [0.15, 0.2) is 5.92 Å². The van der Waals surface area contributed by atoms with Gasteiger partial charge in [0, 0.05) is 12.1 Å². The number of carbonyl (C=O) groups is 2. The van der Waals surface area contributed by atoms with Crippen molar-refractivity contribution in [1.29, 1.82) is 0 Å². The maximum Gasteiger partial charge on any atom is 0.351 e. The van der Waals surface area contributed by atoms with Crippen LogP contribution in [0, 0.1) is 5.92 Å². The van der Waals surface area contributed by atoms with Gasteiger partial charge in [0.25, 0.3) is 0 Å². The first-order valence-electron chi connectivity index (χ1n) is 7.22. The van der Waals surface area contributed by atoms with Gasteiger partial charge < -0.3 is 28.5 Å². The van der Waals surface area contributed by atoms with Crippen LogP contribution >= 0.6 is 0 Å². The highest BCUT2D eigenvalue weighted by atomic mass is 16.7. The first kappa shape index (κ1) is 18.4. The zero-order valence-electron chi connectivity index (χ0n) is 14.5. The second-order valence-electron chi connectivity index (χ2n) is 4.93. The van der Waals surface area contributed by atoms with Crippen LogP contribution in [0.4, 0.5) is 0 Å². The molecule has 2 rings (SSSR count). The molecular formula is C16H19NO8. The maximum absolute atomic E-state index is 12.3. The Hall–Kier alpha value is -2.97. The molecule has 9 heteroatoms. The van der Waals surface area contributed by atoms with Crippen molar-refractivity contribution in [3.8, 4) is 17.2 Å². The molecule has 0 aliphatic carbocycles. The first-order valence-corrected chi connectivity index (χ1v) is 7.22. The van der Waals surface area contributed by atoms with Crippen LogP contribution in [0.2, 0.25) is 0 Å². The Morgan fingerprint density at radius 1 is 0.920 bits per heavy atom. The number of nitrogens with zero attached hydrogens (tertiary/aromatic N) is 1. The van der Waals surface area contributed by atoms with E-state index < -0.39 is 24.0 Å². The number of carbonyl (C=O) groups excluding carboxylic acids is 2. The van der Waals surface area contributed by atoms with Crippen molar-refractivity contribution in [2.24, 2.45) is 11.1 Å². The van der Waals surface area contributed by atoms with Gasteiger partial charge in [-0.3, -0.25) is 4.79 Å². The lowest BCUT2D eigenvalue weighted by Crippen LogP contribution is -2.38. The Labute approximate surface area is 144 Å². The lowest BCUT2D eigenvalue weighted by Gasteiger charge is -2.18. The van der Waals surface area contributed by atoms with E-state index in [1.54, 1.807) is 12.1 Å². The van der Waals surface area contributed by atoms with Crippen molar-refractivity contribution < 1.29 is 38.1 Å². The van der Waals surface area contributed by atoms with Gasteiger partial charge in [-0.15, -0.1) is 0 Å². The molecule has 0 radical (unpaired) electrons. The minimum absolute atomic E-state index is 0.138. The third-order valence-electron chi connectivity index (χ3n) is 3.72. The second-order valence-corrected chi connectivity index (χ2v) is 4.93. The van der Waals surface area contributed by atoms with Crippen LogP contribution in [0.1, 0.15) is 5.56 Å². The van der Waals surface area contributed by atoms with Gasteiger partial charge in [-0.2, -0.15) is 0 Å². The molecule has 2 atom stereocenters. The standard InChI is InChI=1S/C16H19NO8/c1-20-8-6-9(21-2)11(10(7-8)22-3)13-12(15(18)23-4)14(25-17-13)16(19)24-5/h6-7,12,14H,1-5H3/t12-,14-/m1/s1. The molecule has 9 nitrogen and oxygen atoms in total. The highest BCUT2D eigenvalue weighted by Crippen LogP contribution is 2.39. The number of hydrogen-bond acceptors (Lipinski definition) is 9. The SMILES string of the molecule is COC(=O)[C@@H]1C(c2c(OC)cc(OC)cc2OC)=NO[C@H]1C(=O)OC. The zero-order chi connectivity index (χ0) is 18.6. The van der Waals surface area contributed by atoms with Gasteiger partial charge in [0.2, 0.25) is 6.10 Å². The fourth-order valence-electron chi connectivity index (χ4n) is 2.49. The molecule has 0 saturated carbocycles. The van der Waals surface area contributed by atoms with Crippen LogP contribution in [-0.4, -0.2) is 59.3 Å². The smallest absolute Gasteiger partial charge is 0.351 e. The Morgan fingerprint density at radius 3 is 1.92 bits per heavy atom. The molecule has 136 valence electrons. The minimum atomic E-state index is -1.26. The van der Waals surface area contributed by atoms with Crippen molar-refractivity contribution in [3.05, 3.63) is 17.7 Å². The third kappa shape index (κ3) is 3.30. The fourth-order valence-corrected chi connectivity index (χ4v) is 2.49. The topological polar surface area (TPSA) is 102 Å². The number of oxime groups is 1. The minimum Gasteiger partial charge on any atom is -0.496 e. The molecule has 0 bridgehead atoms. The lowest BCUT2D eigenvalue weighted by atomic mass is 9.91. The predicted molar refractivity (Wildman–Crippen MR) is 85.0 cm³/mol. The fraction of sp³-hybridized carbons (Fsp3) is 0.438. The zero-order valence-corrected chi connectivity index (χ0v) is 14.5. The van der Waals surface area contributed by atoms with Crippen molar-refractivity contribution in [2.45, 2.75) is 6.10 Å². The Balaban J connectivity index is 2.59. The molecule has 1 aromatic carbocycles. The van der Waals surface area contributed by atoms with Crippen molar-refractivity contribution in [2.75, 3.05) is 35.5 Å². The highest BCUT2D eigenvalue weighted by molar-refractivity contribution is 6.17. The molecule has 0 fully saturated rings. The molecule has 1 heterocycles. The van der Waals surface area contributed by atoms with Crippen LogP contribution in [0.15, 0.2) is 17.3 Å². The van der Waals surface area contributed by atoms with Gasteiger partial charge in [-0.25, -0.2) is 4.79 Å². The van der Waals surface area contributed by atoms with E-state index in [0.29, 0.717) is 22.8 Å². The molecular weight excluding hydrogens is 334 g/mol. The number of ether oxygens (including phenoxy) is 5. The summed E-state index contributed by atoms with van der Waals surface area (Å²) in [6, 6.07) is 3.19. The summed E-state index contributed by atoms with van der Waals surface area (Å²) in [5, 5.41) is 3.89. The third-order valence-corrected chi connectivity index (χ3v) is 3.72. The summed E-state index contributed by atoms with van der Waals surface area (Å²) in [7, 11) is 6.77. The average Bonchev–Trinajstić information content (AvgIpc) is 3.09. The summed E-state index contributed by atoms with van der Waals surface area (Å²) >= 11 is 0. The molecule has 0 aromatic heterocycles. The number of methoxy groups -OCH3 is 5. The molecule has 1 aliphatic rings. The van der Waals surface area contributed by atoms with E-state index >= 15 is 0 Å². The summed E-state index contributed by atoms with van der Waals surface area (Å²) in [5.41, 5.74) is 0.492. The average molecular weight is 353 g/mol. The number of hydrogen-bond donors (Lipinski definition) is 0. The molecule has 25 heavy (non-hydrogen) atoms. The molecule has 0 unspecified atom stereocenters. The second kappa shape index (κ2) is 7.73. The van der Waals surface area contributed by atoms with E-state index in [1.165, 1.54) is 35.5 Å². The summed E-state index contributed by atoms with van der Waals surface area (Å²) in [6.45, 7) is 0. The van der Waals surface area contributed by atoms with Crippen LogP contribution < -0.4 is 14.2 Å². The molecule has 0 spiro atoms. The quantitative estimate of drug-likeness (QED) is 0.691. The summed E-state index contributed by atoms with van der Waals surface area (Å²) in [6.07, 6.45) is -1.26. The molecule has 0 amide bonds. The summed E-state index contributed by atoms with van der Waals surface area (Å²) in [5.74, 6) is -1.44. The molecule has 0 N–H and O–H groups in total. The normalized spacial score (nSPS) is 18.7. The van der Waals surface area contributed by atoms with E-state index in [-0.39, 0.29) is 5.71 Å². The summed E-state index contributed by atoms with van der Waals surface area (Å²) in [4.78, 5) is 29.3. The largest absolute Gasteiger partial charge is 0.496 e. The first-order chi connectivity index (χ1) is 12.0. The van der Waals surface area contributed by atoms with Crippen LogP contribution in [0.3, 0.4) is 0 Å². The van der Waals surface area contributed by atoms with Gasteiger partial charge in [0.1, 0.15) is 23.0 Å². The monoisotopic (exact) mass is 353 g/mol. The van der Waals surface area contributed by atoms with Gasteiger partial charge in [-0.05, 0) is 0 Å². The van der Waals surface area contributed by atoms with Gasteiger partial charge >= 0.3 is 11.9 Å². The molecule has 1 aliphatic heterocycles. The Morgan fingerprint density at radius 2 is 1.48 bits per heavy atom. The predicted octanol–water partition coefficient (Wildman–Crippen LogP) is 0.777. The Bertz CT molecular complexity index is 674. The Kier molecular flexibility index (Phi) is 5.68. The maximum atomic E-state index is 12.3. The van der Waals surface area contributed by atoms with E-state index in [9.17, 15) is 9.59 Å². The van der Waals surface area contributed by atoms with Crippen LogP contribution in [0.5, 0.6) is 17.2 Å². The van der Waals surface area contributed by atoms with E-state index in [0.717, 1.165) is 0 Å². The lowest BCUT2D eigenvalue weighted by molar-refractivity contribution is -0.161. The van der Waals surface area contributed by atoms with Gasteiger partial charge in [-0.1, -0.05) is 5.16 Å². The van der Waals surface area contributed by atoms with Crippen molar-refractivity contribution in [1.82, 2.24) is 0 Å². The number of rotatable bonds is 6. The van der Waals surface area contributed by atoms with Gasteiger partial charge in [0.05, 0.1) is 41.1 Å². The molecule has 1 aromatic rings. The van der Waals surface area contributed by atoms with Crippen molar-refractivity contribution >= 4 is 17.7 Å². The number of esters is 2. The van der Waals surface area contributed by atoms with Crippen LogP contribution in [-0.2, 0) is 23.9 Å². The van der Waals surface area contributed by atoms with Crippen molar-refractivity contribution in [3.63, 3.8) is 0 Å². The summed E-state index contributed by atoms with van der Waals surface area (Å²) < 4.78 is 25.4. The van der Waals surface area contributed by atoms with E-state index in [1.807, 2.05) is 0 Å².